The van der Waals surface area contributed by atoms with Crippen LogP contribution < -0.4 is 5.32 Å². The molecule has 1 aliphatic heterocycles. The van der Waals surface area contributed by atoms with E-state index in [0.717, 1.165) is 51.1 Å². The quantitative estimate of drug-likeness (QED) is 0.795. The van der Waals surface area contributed by atoms with E-state index in [4.69, 9.17) is 4.74 Å². The van der Waals surface area contributed by atoms with Gasteiger partial charge in [0.1, 0.15) is 6.10 Å². The maximum absolute atomic E-state index is 12.6. The number of nitrogens with one attached hydrogen (secondary N) is 1. The van der Waals surface area contributed by atoms with E-state index < -0.39 is 0 Å². The minimum atomic E-state index is -0.235. The Hall–Kier alpha value is -0.570. The smallest absolute Gasteiger partial charge is 0.313 e. The second kappa shape index (κ2) is 6.25. The number of hydrogen-bond donors (Lipinski definition) is 1. The summed E-state index contributed by atoms with van der Waals surface area (Å²) in [5.74, 6) is 1.51. The fraction of sp³-hybridized carbons (Fsp3) is 0.938. The van der Waals surface area contributed by atoms with Crippen LogP contribution in [0.25, 0.3) is 0 Å². The van der Waals surface area contributed by atoms with Crippen LogP contribution in [0.3, 0.4) is 0 Å². The monoisotopic (exact) mass is 267 g/mol. The van der Waals surface area contributed by atoms with Crippen LogP contribution >= 0.6 is 0 Å². The predicted molar refractivity (Wildman–Crippen MR) is 76.9 cm³/mol. The first-order valence-corrected chi connectivity index (χ1v) is 7.99. The zero-order chi connectivity index (χ0) is 13.9. The minimum absolute atomic E-state index is 0.0612. The lowest BCUT2D eigenvalue weighted by molar-refractivity contribution is -0.163. The van der Waals surface area contributed by atoms with E-state index in [1.165, 1.54) is 6.42 Å². The topological polar surface area (TPSA) is 38.3 Å². The van der Waals surface area contributed by atoms with Gasteiger partial charge in [-0.15, -0.1) is 0 Å². The van der Waals surface area contributed by atoms with Crippen molar-refractivity contribution in [2.75, 3.05) is 13.1 Å². The zero-order valence-corrected chi connectivity index (χ0v) is 12.7. The van der Waals surface area contributed by atoms with Crippen molar-refractivity contribution in [3.63, 3.8) is 0 Å². The van der Waals surface area contributed by atoms with Crippen molar-refractivity contribution < 1.29 is 9.53 Å². The molecule has 19 heavy (non-hydrogen) atoms. The summed E-state index contributed by atoms with van der Waals surface area (Å²) in [5.41, 5.74) is -0.235. The number of rotatable bonds is 4. The van der Waals surface area contributed by atoms with Crippen LogP contribution in [0.4, 0.5) is 0 Å². The van der Waals surface area contributed by atoms with Gasteiger partial charge in [-0.3, -0.25) is 4.79 Å². The number of carbonyl (C=O) groups is 1. The average Bonchev–Trinajstić information content (AvgIpc) is 2.84. The highest BCUT2D eigenvalue weighted by Gasteiger charge is 2.43. The molecule has 0 aromatic heterocycles. The van der Waals surface area contributed by atoms with E-state index in [-0.39, 0.29) is 17.5 Å². The molecule has 3 heteroatoms. The highest BCUT2D eigenvalue weighted by atomic mass is 16.5. The second-order valence-electron chi connectivity index (χ2n) is 6.75. The van der Waals surface area contributed by atoms with Gasteiger partial charge in [-0.2, -0.15) is 0 Å². The summed E-state index contributed by atoms with van der Waals surface area (Å²) in [6.45, 7) is 8.50. The highest BCUT2D eigenvalue weighted by Crippen LogP contribution is 2.36. The van der Waals surface area contributed by atoms with Gasteiger partial charge in [0.05, 0.1) is 5.41 Å². The van der Waals surface area contributed by atoms with Gasteiger partial charge in [0.2, 0.25) is 0 Å². The predicted octanol–water partition coefficient (Wildman–Crippen LogP) is 3.13. The first kappa shape index (κ1) is 14.8. The second-order valence-corrected chi connectivity index (χ2v) is 6.75. The number of esters is 1. The molecule has 0 bridgehead atoms. The van der Waals surface area contributed by atoms with Crippen LogP contribution in [0.2, 0.25) is 0 Å². The molecular formula is C16H29NO2. The summed E-state index contributed by atoms with van der Waals surface area (Å²) < 4.78 is 5.87. The molecule has 2 fully saturated rings. The van der Waals surface area contributed by atoms with E-state index in [1.54, 1.807) is 0 Å². The Morgan fingerprint density at radius 2 is 2.11 bits per heavy atom. The third kappa shape index (κ3) is 3.31. The maximum Gasteiger partial charge on any atom is 0.313 e. The van der Waals surface area contributed by atoms with Gasteiger partial charge in [0.25, 0.3) is 0 Å². The van der Waals surface area contributed by atoms with Crippen molar-refractivity contribution in [1.29, 1.82) is 0 Å². The largest absolute Gasteiger partial charge is 0.462 e. The molecule has 2 aliphatic rings. The van der Waals surface area contributed by atoms with Crippen molar-refractivity contribution in [2.45, 2.75) is 65.4 Å². The standard InChI is InChI=1S/C16H29NO2/c1-4-7-16(8-9-17-11-16)15(18)19-14-6-5-12(2)13(3)10-14/h12-14,17H,4-11H2,1-3H3. The number of ether oxygens (including phenoxy) is 1. The minimum Gasteiger partial charge on any atom is -0.462 e. The summed E-state index contributed by atoms with van der Waals surface area (Å²) in [6, 6.07) is 0. The molecule has 4 unspecified atom stereocenters. The fourth-order valence-corrected chi connectivity index (χ4v) is 3.59. The lowest BCUT2D eigenvalue weighted by atomic mass is 9.79. The fourth-order valence-electron chi connectivity index (χ4n) is 3.59. The number of hydrogen-bond acceptors (Lipinski definition) is 3. The molecule has 0 spiro atoms. The molecule has 1 saturated heterocycles. The lowest BCUT2D eigenvalue weighted by Gasteiger charge is -2.34. The molecule has 0 radical (unpaired) electrons. The van der Waals surface area contributed by atoms with E-state index >= 15 is 0 Å². The summed E-state index contributed by atoms with van der Waals surface area (Å²) in [7, 11) is 0. The summed E-state index contributed by atoms with van der Waals surface area (Å²) in [6.07, 6.45) is 6.39. The molecule has 2 rings (SSSR count). The van der Waals surface area contributed by atoms with Crippen LogP contribution in [0.5, 0.6) is 0 Å². The first-order chi connectivity index (χ1) is 9.07. The van der Waals surface area contributed by atoms with Crippen molar-refractivity contribution in [3.05, 3.63) is 0 Å². The van der Waals surface area contributed by atoms with Crippen molar-refractivity contribution in [2.24, 2.45) is 17.3 Å². The average molecular weight is 267 g/mol. The van der Waals surface area contributed by atoms with Gasteiger partial charge in [-0.05, 0) is 50.5 Å². The van der Waals surface area contributed by atoms with E-state index in [2.05, 4.69) is 26.1 Å². The molecule has 0 aromatic carbocycles. The van der Waals surface area contributed by atoms with Gasteiger partial charge in [-0.25, -0.2) is 0 Å². The van der Waals surface area contributed by atoms with Crippen molar-refractivity contribution >= 4 is 5.97 Å². The van der Waals surface area contributed by atoms with Crippen molar-refractivity contribution in [1.82, 2.24) is 5.32 Å². The Bertz CT molecular complexity index is 310. The molecule has 1 N–H and O–H groups in total. The van der Waals surface area contributed by atoms with E-state index in [9.17, 15) is 4.79 Å². The Balaban J connectivity index is 1.92. The Morgan fingerprint density at radius 3 is 2.68 bits per heavy atom. The Labute approximate surface area is 117 Å². The molecule has 0 amide bonds. The van der Waals surface area contributed by atoms with Crippen LogP contribution in [0.15, 0.2) is 0 Å². The Morgan fingerprint density at radius 1 is 1.32 bits per heavy atom. The molecular weight excluding hydrogens is 238 g/mol. The maximum atomic E-state index is 12.6. The van der Waals surface area contributed by atoms with Crippen LogP contribution in [-0.2, 0) is 9.53 Å². The zero-order valence-electron chi connectivity index (χ0n) is 12.7. The van der Waals surface area contributed by atoms with Gasteiger partial charge in [0, 0.05) is 6.54 Å². The van der Waals surface area contributed by atoms with Gasteiger partial charge < -0.3 is 10.1 Å². The summed E-state index contributed by atoms with van der Waals surface area (Å²) >= 11 is 0. The third-order valence-corrected chi connectivity index (χ3v) is 5.23. The van der Waals surface area contributed by atoms with Crippen LogP contribution in [0, 0.1) is 17.3 Å². The Kier molecular flexibility index (Phi) is 4.88. The third-order valence-electron chi connectivity index (χ3n) is 5.23. The molecule has 1 aliphatic carbocycles. The van der Waals surface area contributed by atoms with Crippen LogP contribution in [0.1, 0.15) is 59.3 Å². The van der Waals surface area contributed by atoms with Gasteiger partial charge in [-0.1, -0.05) is 27.2 Å². The van der Waals surface area contributed by atoms with Crippen molar-refractivity contribution in [3.8, 4) is 0 Å². The summed E-state index contributed by atoms with van der Waals surface area (Å²) in [5, 5.41) is 3.33. The number of carbonyl (C=O) groups excluding carboxylic acids is 1. The molecule has 4 atom stereocenters. The molecule has 3 nitrogen and oxygen atoms in total. The summed E-state index contributed by atoms with van der Waals surface area (Å²) in [4.78, 5) is 12.6. The molecule has 1 heterocycles. The van der Waals surface area contributed by atoms with E-state index in [0.29, 0.717) is 5.92 Å². The first-order valence-electron chi connectivity index (χ1n) is 7.99. The SMILES string of the molecule is CCCC1(C(=O)OC2CCC(C)C(C)C2)CCNC1. The van der Waals surface area contributed by atoms with E-state index in [1.807, 2.05) is 0 Å². The van der Waals surface area contributed by atoms with Crippen LogP contribution in [-0.4, -0.2) is 25.2 Å². The lowest BCUT2D eigenvalue weighted by Crippen LogP contribution is -2.39. The molecule has 0 aromatic rings. The highest BCUT2D eigenvalue weighted by molar-refractivity contribution is 5.77. The van der Waals surface area contributed by atoms with Gasteiger partial charge in [0.15, 0.2) is 0 Å². The molecule has 1 saturated carbocycles. The van der Waals surface area contributed by atoms with Gasteiger partial charge >= 0.3 is 5.97 Å². The normalized spacial score (nSPS) is 39.2. The molecule has 110 valence electrons.